The fourth-order valence-electron chi connectivity index (χ4n) is 0. The Bertz CT molecular complexity index is 8.04. The number of hydrogen-bond acceptors (Lipinski definition) is 1. The van der Waals surface area contributed by atoms with E-state index in [0.29, 0.717) is 0 Å². The molecule has 45 valence electrons. The van der Waals surface area contributed by atoms with Gasteiger partial charge in [0.2, 0.25) is 0 Å². The predicted octanol–water partition coefficient (Wildman–Crippen LogP) is 1.35. The zero-order valence-electron chi connectivity index (χ0n) is 5.65. The van der Waals surface area contributed by atoms with Gasteiger partial charge < -0.3 is 27.4 Å². The average Bonchev–Trinajstić information content (AvgIpc) is 0.918. The summed E-state index contributed by atoms with van der Waals surface area (Å²) in [7, 11) is 0. The molecule has 0 unspecified atom stereocenters. The van der Waals surface area contributed by atoms with Gasteiger partial charge in [0, 0.05) is 6.61 Å². The Balaban J connectivity index is -0.00000000333. The molecule has 0 rings (SSSR count). The average molecular weight is 182 g/mol. The SMILES string of the molecule is CCO.[CH3-].[CH3-].[CH3-].[Zr+3]. The van der Waals surface area contributed by atoms with Gasteiger partial charge in [0.05, 0.1) is 0 Å². The van der Waals surface area contributed by atoms with Crippen LogP contribution in [0.4, 0.5) is 0 Å². The van der Waals surface area contributed by atoms with Gasteiger partial charge in [-0.1, -0.05) is 0 Å². The molecule has 0 amide bonds. The van der Waals surface area contributed by atoms with Gasteiger partial charge in [-0.15, -0.1) is 0 Å². The van der Waals surface area contributed by atoms with Gasteiger partial charge in [-0.05, 0) is 6.92 Å². The van der Waals surface area contributed by atoms with E-state index in [2.05, 4.69) is 0 Å². The Labute approximate surface area is 67.3 Å². The number of aliphatic hydroxyl groups excluding tert-OH is 1. The summed E-state index contributed by atoms with van der Waals surface area (Å²) in [4.78, 5) is 0. The van der Waals surface area contributed by atoms with Crippen molar-refractivity contribution in [3.05, 3.63) is 22.3 Å². The normalized spacial score (nSPS) is 2.57. The van der Waals surface area contributed by atoms with E-state index in [9.17, 15) is 0 Å². The van der Waals surface area contributed by atoms with Crippen molar-refractivity contribution < 1.29 is 31.3 Å². The third-order valence-corrected chi connectivity index (χ3v) is 0. The van der Waals surface area contributed by atoms with Gasteiger partial charge in [-0.25, -0.2) is 0 Å². The maximum Gasteiger partial charge on any atom is 3.00 e. The Morgan fingerprint density at radius 1 is 1.14 bits per heavy atom. The molecule has 1 N–H and O–H groups in total. The van der Waals surface area contributed by atoms with Crippen LogP contribution >= 0.6 is 0 Å². The molecule has 1 radical (unpaired) electrons. The molecule has 0 aliphatic carbocycles. The molecule has 0 aliphatic heterocycles. The van der Waals surface area contributed by atoms with E-state index in [1.807, 2.05) is 0 Å². The van der Waals surface area contributed by atoms with Crippen molar-refractivity contribution in [1.29, 1.82) is 0 Å². The molecule has 2 heteroatoms. The molecule has 0 heterocycles. The van der Waals surface area contributed by atoms with Crippen LogP contribution in [0.15, 0.2) is 0 Å². The molecule has 0 saturated carbocycles. The van der Waals surface area contributed by atoms with Crippen LogP contribution in [-0.2, 0) is 26.2 Å². The summed E-state index contributed by atoms with van der Waals surface area (Å²) < 4.78 is 0. The summed E-state index contributed by atoms with van der Waals surface area (Å²) in [5.41, 5.74) is 0. The quantitative estimate of drug-likeness (QED) is 0.561. The van der Waals surface area contributed by atoms with E-state index in [1.54, 1.807) is 6.92 Å². The standard InChI is InChI=1S/C2H6O.3CH3.Zr/c1-2-3;;;;/h3H,2H2,1H3;3*1H3;/q;3*-1;+3. The zero-order valence-corrected chi connectivity index (χ0v) is 8.11. The van der Waals surface area contributed by atoms with E-state index in [4.69, 9.17) is 5.11 Å². The minimum Gasteiger partial charge on any atom is -0.397 e. The fourth-order valence-corrected chi connectivity index (χ4v) is 0. The smallest absolute Gasteiger partial charge is 0.397 e. The first-order chi connectivity index (χ1) is 1.41. The van der Waals surface area contributed by atoms with E-state index in [1.165, 1.54) is 0 Å². The van der Waals surface area contributed by atoms with Crippen LogP contribution in [0, 0.1) is 22.3 Å². The summed E-state index contributed by atoms with van der Waals surface area (Å²) in [6, 6.07) is 0. The third kappa shape index (κ3) is 226. The second kappa shape index (κ2) is 68.8. The van der Waals surface area contributed by atoms with Gasteiger partial charge in [0.1, 0.15) is 0 Å². The molecular weight excluding hydrogens is 167 g/mol. The minimum atomic E-state index is 0. The molecule has 1 nitrogen and oxygen atoms in total. The van der Waals surface area contributed by atoms with Gasteiger partial charge in [-0.3, -0.25) is 0 Å². The van der Waals surface area contributed by atoms with Crippen molar-refractivity contribution in [1.82, 2.24) is 0 Å². The van der Waals surface area contributed by atoms with Crippen LogP contribution in [-0.4, -0.2) is 11.7 Å². The molecule has 0 fully saturated rings. The van der Waals surface area contributed by atoms with E-state index < -0.39 is 0 Å². The molecule has 7 heavy (non-hydrogen) atoms. The van der Waals surface area contributed by atoms with Crippen LogP contribution in [0.1, 0.15) is 6.92 Å². The van der Waals surface area contributed by atoms with Crippen molar-refractivity contribution in [2.75, 3.05) is 6.61 Å². The first-order valence-corrected chi connectivity index (χ1v) is 1.02. The van der Waals surface area contributed by atoms with Crippen LogP contribution in [0.3, 0.4) is 0 Å². The van der Waals surface area contributed by atoms with E-state index in [0.717, 1.165) is 0 Å². The molecule has 0 aromatic carbocycles. The van der Waals surface area contributed by atoms with Crippen LogP contribution in [0.2, 0.25) is 0 Å². The Kier molecular flexibility index (Phi) is 446. The Morgan fingerprint density at radius 3 is 1.14 bits per heavy atom. The van der Waals surface area contributed by atoms with Crippen molar-refractivity contribution in [3.63, 3.8) is 0 Å². The molecule has 0 aromatic rings. The summed E-state index contributed by atoms with van der Waals surface area (Å²) in [5.74, 6) is 0. The predicted molar refractivity (Wildman–Crippen MR) is 32.0 cm³/mol. The van der Waals surface area contributed by atoms with Crippen molar-refractivity contribution in [2.24, 2.45) is 0 Å². The molecule has 0 aromatic heterocycles. The van der Waals surface area contributed by atoms with Crippen molar-refractivity contribution >= 4 is 0 Å². The minimum absolute atomic E-state index is 0. The first-order valence-electron chi connectivity index (χ1n) is 1.02. The number of rotatable bonds is 0. The van der Waals surface area contributed by atoms with Gasteiger partial charge in [0.25, 0.3) is 0 Å². The molecule has 0 atom stereocenters. The van der Waals surface area contributed by atoms with Crippen LogP contribution < -0.4 is 0 Å². The van der Waals surface area contributed by atoms with Gasteiger partial charge in [0.15, 0.2) is 0 Å². The summed E-state index contributed by atoms with van der Waals surface area (Å²) in [6.45, 7) is 1.93. The molecule has 0 spiro atoms. The van der Waals surface area contributed by atoms with E-state index in [-0.39, 0.29) is 55.1 Å². The maximum absolute atomic E-state index is 7.57. The maximum atomic E-state index is 7.57. The topological polar surface area (TPSA) is 20.2 Å². The Hall–Kier alpha value is 0.843. The molecule has 0 bridgehead atoms. The van der Waals surface area contributed by atoms with Crippen molar-refractivity contribution in [2.45, 2.75) is 6.92 Å². The third-order valence-electron chi connectivity index (χ3n) is 0. The summed E-state index contributed by atoms with van der Waals surface area (Å²) >= 11 is 0. The first kappa shape index (κ1) is 45.4. The molecule has 0 aliphatic rings. The van der Waals surface area contributed by atoms with E-state index >= 15 is 0 Å². The van der Waals surface area contributed by atoms with Crippen LogP contribution in [0.5, 0.6) is 0 Å². The monoisotopic (exact) mass is 181 g/mol. The zero-order chi connectivity index (χ0) is 2.71. The Morgan fingerprint density at radius 2 is 1.14 bits per heavy atom. The largest absolute Gasteiger partial charge is 3.00 e. The fraction of sp³-hybridized carbons (Fsp3) is 0.400. The van der Waals surface area contributed by atoms with Crippen LogP contribution in [0.25, 0.3) is 0 Å². The summed E-state index contributed by atoms with van der Waals surface area (Å²) in [6.07, 6.45) is 0. The second-order valence-electron chi connectivity index (χ2n) is 0.316. The van der Waals surface area contributed by atoms with Gasteiger partial charge in [-0.2, -0.15) is 0 Å². The number of hydrogen-bond donors (Lipinski definition) is 1. The van der Waals surface area contributed by atoms with Crippen molar-refractivity contribution in [3.8, 4) is 0 Å². The second-order valence-corrected chi connectivity index (χ2v) is 0.316. The molecular formula is C5H15OZr. The number of aliphatic hydroxyl groups is 1. The van der Waals surface area contributed by atoms with Gasteiger partial charge >= 0.3 is 26.2 Å². The summed E-state index contributed by atoms with van der Waals surface area (Å²) in [5, 5.41) is 7.57. The molecule has 0 saturated heterocycles.